The molecule has 4 atom stereocenters. The van der Waals surface area contributed by atoms with E-state index in [-0.39, 0.29) is 30.0 Å². The van der Waals surface area contributed by atoms with Crippen molar-refractivity contribution in [3.8, 4) is 11.1 Å². The number of anilines is 3. The number of nitrogens with zero attached hydrogens (tertiary/aromatic N) is 2. The Hall–Kier alpha value is -5.31. The first-order valence-electron chi connectivity index (χ1n) is 23.0. The number of rotatable bonds is 10. The highest BCUT2D eigenvalue weighted by Crippen LogP contribution is 2.66. The maximum absolute atomic E-state index is 14.7. The van der Waals surface area contributed by atoms with Crippen LogP contribution in [0.1, 0.15) is 96.3 Å². The lowest BCUT2D eigenvalue weighted by Crippen LogP contribution is -2.60. The van der Waals surface area contributed by atoms with Crippen LogP contribution in [-0.4, -0.2) is 83.3 Å². The number of carbonyl (C=O) groups excluding carboxylic acids is 5. The van der Waals surface area contributed by atoms with E-state index in [2.05, 4.69) is 31.5 Å². The molecule has 3 saturated heterocycles. The molecule has 4 fully saturated rings. The van der Waals surface area contributed by atoms with Gasteiger partial charge in [-0.3, -0.25) is 39.5 Å². The Morgan fingerprint density at radius 3 is 2.43 bits per heavy atom. The highest BCUT2D eigenvalue weighted by molar-refractivity contribution is 6.37. The molecule has 13 nitrogen and oxygen atoms in total. The van der Waals surface area contributed by atoms with Crippen molar-refractivity contribution in [1.29, 1.82) is 0 Å². The van der Waals surface area contributed by atoms with Gasteiger partial charge in [0.1, 0.15) is 11.5 Å². The fraction of sp³-hybridized carbons (Fsp3) is 0.420. The van der Waals surface area contributed by atoms with Crippen LogP contribution >= 0.6 is 23.2 Å². The summed E-state index contributed by atoms with van der Waals surface area (Å²) >= 11 is 13.9. The van der Waals surface area contributed by atoms with E-state index in [9.17, 15) is 24.0 Å². The molecule has 5 aliphatic heterocycles. The number of hydrogen-bond donors (Lipinski definition) is 5. The Labute approximate surface area is 387 Å². The maximum Gasteiger partial charge on any atom is 0.255 e. The van der Waals surface area contributed by atoms with Gasteiger partial charge >= 0.3 is 0 Å². The molecule has 2 bridgehead atoms. The molecule has 11 rings (SSSR count). The topological polar surface area (TPSA) is 161 Å². The normalized spacial score (nSPS) is 25.4. The number of ether oxygens (including phenoxy) is 1. The van der Waals surface area contributed by atoms with Gasteiger partial charge in [-0.15, -0.1) is 0 Å². The highest BCUT2D eigenvalue weighted by atomic mass is 35.5. The molecule has 5 N–H and O–H groups in total. The van der Waals surface area contributed by atoms with E-state index in [0.717, 1.165) is 104 Å². The smallest absolute Gasteiger partial charge is 0.255 e. The lowest BCUT2D eigenvalue weighted by molar-refractivity contribution is -0.137. The number of fused-ring (bicyclic) bond motifs is 5. The molecule has 2 aliphatic carbocycles. The average Bonchev–Trinajstić information content (AvgIpc) is 3.86. The standard InChI is InChI=1S/C50H51Cl2N7O6/c51-36-8-4-7-32-42(36)33-22-35-39(23-37(33)52)55-48(64)50(35)43(32)44(57-49(50)18-2-1-3-19-49)46(62)54-30-12-10-29(11-13-30)26-65-27-58-20-16-28(17-21-58)24-53-38-9-5-6-31-34(38)25-59(47(31)63)40-14-15-41(60)56-45(40)61/h4-13,22-23,28,40,43-44,53,57H,1-3,14-21,24-27H2,(H,54,62)(H,55,64)(H,56,60,61)/t40?,43-,44+,50+/m0/s1. The van der Waals surface area contributed by atoms with E-state index in [1.165, 1.54) is 0 Å². The molecule has 5 amide bonds. The van der Waals surface area contributed by atoms with Crippen molar-refractivity contribution in [1.82, 2.24) is 20.4 Å². The average molecular weight is 917 g/mol. The van der Waals surface area contributed by atoms with Crippen LogP contribution in [-0.2, 0) is 42.5 Å². The van der Waals surface area contributed by atoms with Gasteiger partial charge in [0.05, 0.1) is 24.4 Å². The number of carbonyl (C=O) groups is 5. The monoisotopic (exact) mass is 915 g/mol. The van der Waals surface area contributed by atoms with Crippen LogP contribution in [0.4, 0.5) is 17.1 Å². The zero-order valence-corrected chi connectivity index (χ0v) is 37.5. The summed E-state index contributed by atoms with van der Waals surface area (Å²) in [6.45, 7) is 3.87. The Morgan fingerprint density at radius 2 is 1.65 bits per heavy atom. The molecular formula is C50H51Cl2N7O6. The predicted molar refractivity (Wildman–Crippen MR) is 248 cm³/mol. The summed E-state index contributed by atoms with van der Waals surface area (Å²) in [6.07, 6.45) is 7.11. The third kappa shape index (κ3) is 6.95. The van der Waals surface area contributed by atoms with E-state index >= 15 is 0 Å². The second-order valence-corrected chi connectivity index (χ2v) is 19.7. The summed E-state index contributed by atoms with van der Waals surface area (Å²) in [7, 11) is 0. The van der Waals surface area contributed by atoms with Crippen molar-refractivity contribution in [2.45, 2.75) is 99.9 Å². The lowest BCUT2D eigenvalue weighted by Gasteiger charge is -2.46. The quantitative estimate of drug-likeness (QED) is 0.103. The Morgan fingerprint density at radius 1 is 0.862 bits per heavy atom. The van der Waals surface area contributed by atoms with Crippen molar-refractivity contribution in [3.63, 3.8) is 0 Å². The summed E-state index contributed by atoms with van der Waals surface area (Å²) in [4.78, 5) is 70.7. The van der Waals surface area contributed by atoms with E-state index in [1.54, 1.807) is 4.90 Å². The minimum atomic E-state index is -1.02. The summed E-state index contributed by atoms with van der Waals surface area (Å²) in [5, 5.41) is 17.2. The van der Waals surface area contributed by atoms with Crippen LogP contribution in [0, 0.1) is 5.92 Å². The number of likely N-dealkylation sites (tertiary alicyclic amines) is 1. The first-order valence-corrected chi connectivity index (χ1v) is 23.7. The zero-order chi connectivity index (χ0) is 44.6. The van der Waals surface area contributed by atoms with E-state index < -0.39 is 34.9 Å². The van der Waals surface area contributed by atoms with Gasteiger partial charge < -0.3 is 25.6 Å². The van der Waals surface area contributed by atoms with Crippen molar-refractivity contribution in [3.05, 3.63) is 111 Å². The molecule has 4 aromatic carbocycles. The van der Waals surface area contributed by atoms with Crippen molar-refractivity contribution < 1.29 is 28.7 Å². The van der Waals surface area contributed by atoms with Crippen LogP contribution in [0.5, 0.6) is 0 Å². The largest absolute Gasteiger partial charge is 0.384 e. The third-order valence-corrected chi connectivity index (χ3v) is 16.0. The number of halogens is 2. The van der Waals surface area contributed by atoms with E-state index in [0.29, 0.717) is 59.2 Å². The lowest BCUT2D eigenvalue weighted by atomic mass is 9.56. The minimum absolute atomic E-state index is 0.0951. The molecule has 65 heavy (non-hydrogen) atoms. The van der Waals surface area contributed by atoms with Gasteiger partial charge in [-0.1, -0.05) is 72.8 Å². The van der Waals surface area contributed by atoms with Crippen LogP contribution in [0.3, 0.4) is 0 Å². The summed E-state index contributed by atoms with van der Waals surface area (Å²) in [5.74, 6) is -1.24. The van der Waals surface area contributed by atoms with Crippen molar-refractivity contribution >= 4 is 69.8 Å². The van der Waals surface area contributed by atoms with Gasteiger partial charge in [-0.2, -0.15) is 0 Å². The molecule has 15 heteroatoms. The fourth-order valence-corrected chi connectivity index (χ4v) is 12.8. The fourth-order valence-electron chi connectivity index (χ4n) is 12.3. The van der Waals surface area contributed by atoms with Gasteiger partial charge in [-0.05, 0) is 97.2 Å². The second-order valence-electron chi connectivity index (χ2n) is 18.9. The minimum Gasteiger partial charge on any atom is -0.384 e. The van der Waals surface area contributed by atoms with Crippen molar-refractivity contribution in [2.24, 2.45) is 5.92 Å². The molecule has 0 radical (unpaired) electrons. The number of nitrogens with one attached hydrogen (secondary N) is 5. The van der Waals surface area contributed by atoms with Gasteiger partial charge in [0.25, 0.3) is 5.91 Å². The van der Waals surface area contributed by atoms with E-state index in [4.69, 9.17) is 27.9 Å². The van der Waals surface area contributed by atoms with Crippen molar-refractivity contribution in [2.75, 3.05) is 42.3 Å². The van der Waals surface area contributed by atoms with Crippen LogP contribution in [0.2, 0.25) is 10.0 Å². The predicted octanol–water partition coefficient (Wildman–Crippen LogP) is 7.32. The van der Waals surface area contributed by atoms with Gasteiger partial charge in [0.2, 0.25) is 23.6 Å². The first-order chi connectivity index (χ1) is 31.5. The van der Waals surface area contributed by atoms with Crippen LogP contribution < -0.4 is 26.6 Å². The Kier molecular flexibility index (Phi) is 10.8. The third-order valence-electron chi connectivity index (χ3n) is 15.4. The number of piperidine rings is 2. The summed E-state index contributed by atoms with van der Waals surface area (Å²) in [6, 6.07) is 21.7. The molecule has 2 spiro atoms. The van der Waals surface area contributed by atoms with Gasteiger partial charge in [0.15, 0.2) is 0 Å². The Balaban J connectivity index is 0.701. The molecule has 7 aliphatic rings. The SMILES string of the molecule is O=C1CCC(N2Cc3c(NCC4CCN(COCc5ccc(NC(=O)[C@@H]6NC7(CCCCC7)[C@]78C(=O)Nc9cc(Cl)c(cc97)-c7c(Cl)cccc7[C@@H]68)cc5)CC4)cccc3C2=O)C(=O)N1. The van der Waals surface area contributed by atoms with E-state index in [1.807, 2.05) is 72.8 Å². The Bertz CT molecular complexity index is 2640. The zero-order valence-electron chi connectivity index (χ0n) is 35.9. The molecular weight excluding hydrogens is 865 g/mol. The molecule has 1 unspecified atom stereocenters. The maximum atomic E-state index is 14.7. The molecule has 4 aromatic rings. The molecule has 0 aromatic heterocycles. The summed E-state index contributed by atoms with van der Waals surface area (Å²) < 4.78 is 6.17. The summed E-state index contributed by atoms with van der Waals surface area (Å²) in [5.41, 5.74) is 6.42. The van der Waals surface area contributed by atoms with Gasteiger partial charge in [-0.25, -0.2) is 0 Å². The molecule has 5 heterocycles. The highest BCUT2D eigenvalue weighted by Gasteiger charge is 2.73. The van der Waals surface area contributed by atoms with Gasteiger partial charge in [0, 0.05) is 88.4 Å². The second kappa shape index (κ2) is 16.5. The molecule has 1 saturated carbocycles. The molecule has 336 valence electrons. The number of imide groups is 1. The van der Waals surface area contributed by atoms with Crippen LogP contribution in [0.25, 0.3) is 11.1 Å². The number of hydrogen-bond acceptors (Lipinski definition) is 9. The van der Waals surface area contributed by atoms with Crippen LogP contribution in [0.15, 0.2) is 72.8 Å². The number of benzene rings is 4. The first kappa shape index (κ1) is 42.3. The number of amides is 5.